The van der Waals surface area contributed by atoms with Crippen molar-refractivity contribution in [3.05, 3.63) is 65.3 Å². The molecule has 24 heavy (non-hydrogen) atoms. The van der Waals surface area contributed by atoms with Gasteiger partial charge < -0.3 is 10.1 Å². The van der Waals surface area contributed by atoms with Gasteiger partial charge in [-0.1, -0.05) is 18.2 Å². The van der Waals surface area contributed by atoms with Crippen LogP contribution in [0.3, 0.4) is 0 Å². The summed E-state index contributed by atoms with van der Waals surface area (Å²) in [7, 11) is 1.68. The molecule has 0 radical (unpaired) electrons. The van der Waals surface area contributed by atoms with Crippen molar-refractivity contribution in [3.63, 3.8) is 0 Å². The number of thiophene rings is 1. The first-order valence-corrected chi connectivity index (χ1v) is 8.24. The van der Waals surface area contributed by atoms with Crippen LogP contribution in [-0.2, 0) is 0 Å². The quantitative estimate of drug-likeness (QED) is 0.649. The van der Waals surface area contributed by atoms with Crippen molar-refractivity contribution in [2.24, 2.45) is 0 Å². The zero-order valence-corrected chi connectivity index (χ0v) is 14.7. The number of rotatable bonds is 6. The van der Waals surface area contributed by atoms with Gasteiger partial charge in [-0.2, -0.15) is 0 Å². The minimum Gasteiger partial charge on any atom is -0.482 e. The largest absolute Gasteiger partial charge is 0.482 e. The van der Waals surface area contributed by atoms with Crippen molar-refractivity contribution >= 4 is 33.8 Å². The molecule has 1 aromatic heterocycles. The van der Waals surface area contributed by atoms with Crippen LogP contribution in [0.15, 0.2) is 53.9 Å². The fourth-order valence-corrected chi connectivity index (χ4v) is 3.35. The fourth-order valence-electron chi connectivity index (χ4n) is 2.54. The van der Waals surface area contributed by atoms with Crippen LogP contribution in [0, 0.1) is 5.82 Å². The summed E-state index contributed by atoms with van der Waals surface area (Å²) < 4.78 is 35.2. The highest BCUT2D eigenvalue weighted by molar-refractivity contribution is 7.17. The smallest absolute Gasteiger partial charge is 0.156 e. The molecule has 0 fully saturated rings. The third kappa shape index (κ3) is 4.04. The van der Waals surface area contributed by atoms with Crippen molar-refractivity contribution in [2.45, 2.75) is 12.3 Å². The van der Waals surface area contributed by atoms with Gasteiger partial charge in [-0.15, -0.1) is 23.7 Å². The van der Waals surface area contributed by atoms with E-state index in [2.05, 4.69) is 5.32 Å². The molecule has 2 aromatic carbocycles. The standard InChI is InChI=1S/C18H17F2NOS.ClH/c1-21-11-15(20)18(12-4-2-5-13(19)10-12)22-16-6-3-7-17-14(16)8-9-23-17;/h2-10,15,18,21H,11H2,1H3;1H. The van der Waals surface area contributed by atoms with Gasteiger partial charge in [0.15, 0.2) is 12.3 Å². The Kier molecular flexibility index (Phi) is 6.54. The molecule has 0 saturated heterocycles. The fraction of sp³-hybridized carbons (Fsp3) is 0.222. The molecule has 2 nitrogen and oxygen atoms in total. The van der Waals surface area contributed by atoms with Crippen LogP contribution in [0.1, 0.15) is 11.7 Å². The van der Waals surface area contributed by atoms with Crippen molar-refractivity contribution < 1.29 is 13.5 Å². The molecule has 0 saturated carbocycles. The molecule has 0 aliphatic heterocycles. The first-order chi connectivity index (χ1) is 11.2. The van der Waals surface area contributed by atoms with E-state index >= 15 is 0 Å². The van der Waals surface area contributed by atoms with Gasteiger partial charge in [0.2, 0.25) is 0 Å². The van der Waals surface area contributed by atoms with Gasteiger partial charge in [0.1, 0.15) is 11.6 Å². The van der Waals surface area contributed by atoms with Crippen LogP contribution < -0.4 is 10.1 Å². The van der Waals surface area contributed by atoms with Crippen LogP contribution >= 0.6 is 23.7 Å². The molecule has 0 bridgehead atoms. The molecule has 0 aliphatic rings. The second-order valence-electron chi connectivity index (χ2n) is 5.26. The lowest BCUT2D eigenvalue weighted by Gasteiger charge is -2.23. The molecule has 2 atom stereocenters. The Morgan fingerprint density at radius 2 is 1.96 bits per heavy atom. The number of hydrogen-bond acceptors (Lipinski definition) is 3. The molecule has 0 spiro atoms. The minimum absolute atomic E-state index is 0. The first-order valence-electron chi connectivity index (χ1n) is 7.36. The predicted octanol–water partition coefficient (Wildman–Crippen LogP) is 5.14. The number of nitrogens with one attached hydrogen (secondary N) is 1. The lowest BCUT2D eigenvalue weighted by Crippen LogP contribution is -2.29. The maximum atomic E-state index is 14.6. The monoisotopic (exact) mass is 369 g/mol. The van der Waals surface area contributed by atoms with E-state index in [1.165, 1.54) is 12.1 Å². The molecule has 1 N–H and O–H groups in total. The second kappa shape index (κ2) is 8.42. The van der Waals surface area contributed by atoms with E-state index < -0.39 is 18.1 Å². The van der Waals surface area contributed by atoms with E-state index in [1.54, 1.807) is 30.5 Å². The van der Waals surface area contributed by atoms with Gasteiger partial charge in [0, 0.05) is 16.6 Å². The van der Waals surface area contributed by atoms with Crippen molar-refractivity contribution in [2.75, 3.05) is 13.6 Å². The van der Waals surface area contributed by atoms with Crippen molar-refractivity contribution in [1.29, 1.82) is 0 Å². The van der Waals surface area contributed by atoms with Crippen LogP contribution in [0.2, 0.25) is 0 Å². The maximum absolute atomic E-state index is 14.6. The molecule has 1 heterocycles. The number of ether oxygens (including phenoxy) is 1. The van der Waals surface area contributed by atoms with Crippen LogP contribution in [-0.4, -0.2) is 19.8 Å². The molecule has 128 valence electrons. The molecule has 0 amide bonds. The maximum Gasteiger partial charge on any atom is 0.156 e. The molecule has 0 aliphatic carbocycles. The third-order valence-corrected chi connectivity index (χ3v) is 4.50. The molecule has 3 rings (SSSR count). The Balaban J connectivity index is 0.00000208. The van der Waals surface area contributed by atoms with Crippen LogP contribution in [0.25, 0.3) is 10.1 Å². The Morgan fingerprint density at radius 3 is 2.71 bits per heavy atom. The number of alkyl halides is 1. The topological polar surface area (TPSA) is 21.3 Å². The lowest BCUT2D eigenvalue weighted by molar-refractivity contribution is 0.101. The summed E-state index contributed by atoms with van der Waals surface area (Å²) in [4.78, 5) is 0. The van der Waals surface area contributed by atoms with E-state index in [9.17, 15) is 8.78 Å². The average Bonchev–Trinajstić information content (AvgIpc) is 3.02. The van der Waals surface area contributed by atoms with E-state index in [-0.39, 0.29) is 19.0 Å². The van der Waals surface area contributed by atoms with Gasteiger partial charge in [-0.25, -0.2) is 8.78 Å². The van der Waals surface area contributed by atoms with E-state index in [0.29, 0.717) is 11.3 Å². The van der Waals surface area contributed by atoms with Crippen molar-refractivity contribution in [1.82, 2.24) is 5.32 Å². The van der Waals surface area contributed by atoms with Crippen molar-refractivity contribution in [3.8, 4) is 5.75 Å². The molecule has 3 aromatic rings. The van der Waals surface area contributed by atoms with Crippen LogP contribution in [0.5, 0.6) is 5.75 Å². The van der Waals surface area contributed by atoms with Gasteiger partial charge in [0.05, 0.1) is 0 Å². The molecular weight excluding hydrogens is 352 g/mol. The minimum atomic E-state index is -1.30. The predicted molar refractivity (Wildman–Crippen MR) is 97.7 cm³/mol. The molecule has 6 heteroatoms. The van der Waals surface area contributed by atoms with Gasteiger partial charge in [-0.3, -0.25) is 0 Å². The SMILES string of the molecule is CNCC(F)C(Oc1cccc2sccc12)c1cccc(F)c1.Cl. The Hall–Kier alpha value is -1.69. The second-order valence-corrected chi connectivity index (χ2v) is 6.20. The first kappa shape index (κ1) is 18.6. The normalized spacial score (nSPS) is 13.3. The summed E-state index contributed by atoms with van der Waals surface area (Å²) in [6.07, 6.45) is -2.17. The molecule has 2 unspecified atom stereocenters. The van der Waals surface area contributed by atoms with Gasteiger partial charge in [-0.05, 0) is 48.3 Å². The summed E-state index contributed by atoms with van der Waals surface area (Å²) in [5.74, 6) is 0.207. The molecular formula is C18H18ClF2NOS. The highest BCUT2D eigenvalue weighted by Gasteiger charge is 2.25. The third-order valence-electron chi connectivity index (χ3n) is 3.61. The summed E-state index contributed by atoms with van der Waals surface area (Å²) in [5.41, 5.74) is 0.486. The summed E-state index contributed by atoms with van der Waals surface area (Å²) in [5, 5.41) is 5.71. The summed E-state index contributed by atoms with van der Waals surface area (Å²) in [6.45, 7) is 0.126. The van der Waals surface area contributed by atoms with E-state index in [0.717, 1.165) is 10.1 Å². The Labute approximate surface area is 149 Å². The number of fused-ring (bicyclic) bond motifs is 1. The highest BCUT2D eigenvalue weighted by Crippen LogP contribution is 2.34. The van der Waals surface area contributed by atoms with Crippen LogP contribution in [0.4, 0.5) is 8.78 Å². The van der Waals surface area contributed by atoms with E-state index in [1.807, 2.05) is 29.6 Å². The number of benzene rings is 2. The number of hydrogen-bond donors (Lipinski definition) is 1. The Morgan fingerprint density at radius 1 is 1.17 bits per heavy atom. The Bertz CT molecular complexity index is 795. The lowest BCUT2D eigenvalue weighted by atomic mass is 10.0. The summed E-state index contributed by atoms with van der Waals surface area (Å²) in [6, 6.07) is 13.5. The zero-order chi connectivity index (χ0) is 16.2. The van der Waals surface area contributed by atoms with Gasteiger partial charge in [0.25, 0.3) is 0 Å². The zero-order valence-electron chi connectivity index (χ0n) is 13.0. The van der Waals surface area contributed by atoms with Gasteiger partial charge >= 0.3 is 0 Å². The average molecular weight is 370 g/mol. The number of halogens is 3. The summed E-state index contributed by atoms with van der Waals surface area (Å²) >= 11 is 1.60. The van der Waals surface area contributed by atoms with E-state index in [4.69, 9.17) is 4.74 Å². The highest BCUT2D eigenvalue weighted by atomic mass is 35.5.